The van der Waals surface area contributed by atoms with Crippen molar-refractivity contribution in [1.82, 2.24) is 5.01 Å². The first-order valence-electron chi connectivity index (χ1n) is 5.71. The molecule has 4 fully saturated rings. The molecular weight excluding hydrogens is 176 g/mol. The molecule has 1 amide bonds. The molecule has 0 atom stereocenters. The summed E-state index contributed by atoms with van der Waals surface area (Å²) in [6.07, 6.45) is 8.49. The fourth-order valence-electron chi connectivity index (χ4n) is 4.49. The summed E-state index contributed by atoms with van der Waals surface area (Å²) < 4.78 is 0. The first kappa shape index (κ1) is 8.72. The number of nitrogens with zero attached hydrogens (tertiary/aromatic N) is 1. The number of hydrogen-bond donors (Lipinski definition) is 1. The van der Waals surface area contributed by atoms with E-state index in [1.54, 1.807) is 0 Å². The van der Waals surface area contributed by atoms with Gasteiger partial charge in [-0.3, -0.25) is 9.80 Å². The van der Waals surface area contributed by atoms with E-state index in [1.807, 2.05) is 0 Å². The minimum absolute atomic E-state index is 0.0521. The van der Waals surface area contributed by atoms with Crippen LogP contribution in [0.2, 0.25) is 0 Å². The van der Waals surface area contributed by atoms with Gasteiger partial charge >= 0.3 is 0 Å². The number of nitrogens with two attached hydrogens (primary N) is 1. The predicted octanol–water partition coefficient (Wildman–Crippen LogP) is 1.29. The first-order valence-corrected chi connectivity index (χ1v) is 5.71. The molecule has 4 aliphatic carbocycles. The fraction of sp³-hybridized carbons (Fsp3) is 0.909. The third-order valence-corrected chi connectivity index (χ3v) is 4.67. The highest BCUT2D eigenvalue weighted by Gasteiger charge is 2.53. The Hall–Kier alpha value is -0.570. The van der Waals surface area contributed by atoms with Crippen molar-refractivity contribution in [2.45, 2.75) is 44.1 Å². The standard InChI is InChI=1S/C11H18N2O/c12-13(7-14)11-4-8-1-9(5-11)3-10(2-8)6-11/h7-10H,1-6,12H2. The molecule has 14 heavy (non-hydrogen) atoms. The monoisotopic (exact) mass is 194 g/mol. The van der Waals surface area contributed by atoms with E-state index in [9.17, 15) is 4.79 Å². The Morgan fingerprint density at radius 1 is 1.07 bits per heavy atom. The molecule has 4 rings (SSSR count). The lowest BCUT2D eigenvalue weighted by molar-refractivity contribution is -0.138. The van der Waals surface area contributed by atoms with E-state index in [-0.39, 0.29) is 5.54 Å². The molecule has 2 N–H and O–H groups in total. The molecule has 4 aliphatic rings. The maximum atomic E-state index is 10.8. The van der Waals surface area contributed by atoms with Crippen LogP contribution in [0.3, 0.4) is 0 Å². The van der Waals surface area contributed by atoms with Gasteiger partial charge in [-0.05, 0) is 56.3 Å². The van der Waals surface area contributed by atoms with Crippen LogP contribution in [0.4, 0.5) is 0 Å². The fourth-order valence-corrected chi connectivity index (χ4v) is 4.49. The van der Waals surface area contributed by atoms with Crippen LogP contribution < -0.4 is 5.84 Å². The number of carbonyl (C=O) groups excluding carboxylic acids is 1. The second-order valence-electron chi connectivity index (χ2n) is 5.65. The topological polar surface area (TPSA) is 46.3 Å². The number of hydrogen-bond acceptors (Lipinski definition) is 2. The van der Waals surface area contributed by atoms with Crippen LogP contribution in [0.15, 0.2) is 0 Å². The van der Waals surface area contributed by atoms with Gasteiger partial charge in [0.2, 0.25) is 6.41 Å². The Balaban J connectivity index is 1.90. The average Bonchev–Trinajstić information content (AvgIpc) is 2.14. The molecule has 0 unspecified atom stereocenters. The van der Waals surface area contributed by atoms with Crippen LogP contribution in [0.5, 0.6) is 0 Å². The van der Waals surface area contributed by atoms with Gasteiger partial charge in [0.15, 0.2) is 0 Å². The number of rotatable bonds is 2. The highest BCUT2D eigenvalue weighted by Crippen LogP contribution is 2.56. The van der Waals surface area contributed by atoms with Gasteiger partial charge in [-0.1, -0.05) is 0 Å². The van der Waals surface area contributed by atoms with Crippen molar-refractivity contribution in [3.05, 3.63) is 0 Å². The third kappa shape index (κ3) is 1.05. The van der Waals surface area contributed by atoms with Gasteiger partial charge in [0.1, 0.15) is 0 Å². The summed E-state index contributed by atoms with van der Waals surface area (Å²) in [4.78, 5) is 10.8. The molecule has 0 aliphatic heterocycles. The zero-order valence-corrected chi connectivity index (χ0v) is 8.48. The van der Waals surface area contributed by atoms with Crippen LogP contribution in [0.1, 0.15) is 38.5 Å². The summed E-state index contributed by atoms with van der Waals surface area (Å²) in [5, 5.41) is 1.48. The predicted molar refractivity (Wildman–Crippen MR) is 53.0 cm³/mol. The van der Waals surface area contributed by atoms with Crippen LogP contribution >= 0.6 is 0 Å². The summed E-state index contributed by atoms with van der Waals surface area (Å²) in [6.45, 7) is 0. The zero-order chi connectivity index (χ0) is 9.76. The second kappa shape index (κ2) is 2.72. The average molecular weight is 194 g/mol. The van der Waals surface area contributed by atoms with E-state index >= 15 is 0 Å². The maximum Gasteiger partial charge on any atom is 0.224 e. The van der Waals surface area contributed by atoms with Gasteiger partial charge in [-0.25, -0.2) is 5.84 Å². The van der Waals surface area contributed by atoms with Gasteiger partial charge in [0.05, 0.1) is 5.54 Å². The molecule has 0 saturated heterocycles. The number of carbonyl (C=O) groups is 1. The van der Waals surface area contributed by atoms with E-state index in [4.69, 9.17) is 5.84 Å². The highest BCUT2D eigenvalue weighted by atomic mass is 16.1. The van der Waals surface area contributed by atoms with Crippen LogP contribution in [-0.2, 0) is 4.79 Å². The van der Waals surface area contributed by atoms with Crippen LogP contribution in [0.25, 0.3) is 0 Å². The Kier molecular flexibility index (Phi) is 1.69. The first-order chi connectivity index (χ1) is 6.72. The van der Waals surface area contributed by atoms with Gasteiger partial charge in [-0.15, -0.1) is 0 Å². The van der Waals surface area contributed by atoms with E-state index in [2.05, 4.69) is 0 Å². The zero-order valence-electron chi connectivity index (χ0n) is 8.48. The minimum Gasteiger partial charge on any atom is -0.277 e. The highest BCUT2D eigenvalue weighted by molar-refractivity contribution is 5.48. The molecule has 0 aromatic carbocycles. The van der Waals surface area contributed by atoms with E-state index < -0.39 is 0 Å². The molecule has 3 nitrogen and oxygen atoms in total. The van der Waals surface area contributed by atoms with Gasteiger partial charge in [0.25, 0.3) is 0 Å². The van der Waals surface area contributed by atoms with Crippen molar-refractivity contribution < 1.29 is 4.79 Å². The van der Waals surface area contributed by atoms with E-state index in [0.29, 0.717) is 0 Å². The normalized spacial score (nSPS) is 49.4. The SMILES string of the molecule is NN(C=O)C12CC3CC(CC(C3)C1)C2. The van der Waals surface area contributed by atoms with Crippen molar-refractivity contribution in [1.29, 1.82) is 0 Å². The summed E-state index contributed by atoms with van der Waals surface area (Å²) >= 11 is 0. The van der Waals surface area contributed by atoms with Crippen LogP contribution in [-0.4, -0.2) is 17.0 Å². The molecule has 4 saturated carbocycles. The van der Waals surface area contributed by atoms with Gasteiger partial charge < -0.3 is 0 Å². The minimum atomic E-state index is 0.0521. The van der Waals surface area contributed by atoms with Gasteiger partial charge in [-0.2, -0.15) is 0 Å². The van der Waals surface area contributed by atoms with Gasteiger partial charge in [0, 0.05) is 0 Å². The van der Waals surface area contributed by atoms with E-state index in [0.717, 1.165) is 43.4 Å². The molecule has 0 aromatic heterocycles. The lowest BCUT2D eigenvalue weighted by Crippen LogP contribution is -2.61. The third-order valence-electron chi connectivity index (χ3n) is 4.67. The summed E-state index contributed by atoms with van der Waals surface area (Å²) in [5.74, 6) is 8.40. The Morgan fingerprint density at radius 3 is 1.86 bits per heavy atom. The molecule has 78 valence electrons. The second-order valence-corrected chi connectivity index (χ2v) is 5.65. The lowest BCUT2D eigenvalue weighted by Gasteiger charge is -2.58. The Bertz CT molecular complexity index is 229. The number of amides is 1. The van der Waals surface area contributed by atoms with Crippen molar-refractivity contribution in [2.24, 2.45) is 23.6 Å². The van der Waals surface area contributed by atoms with E-state index in [1.165, 1.54) is 24.3 Å². The Labute approximate surface area is 84.6 Å². The molecule has 0 spiro atoms. The molecule has 4 bridgehead atoms. The summed E-state index contributed by atoms with van der Waals surface area (Å²) in [6, 6.07) is 0. The quantitative estimate of drug-likeness (QED) is 0.311. The lowest BCUT2D eigenvalue weighted by atomic mass is 9.53. The summed E-state index contributed by atoms with van der Waals surface area (Å²) in [7, 11) is 0. The molecule has 0 aromatic rings. The molecular formula is C11H18N2O. The Morgan fingerprint density at radius 2 is 1.50 bits per heavy atom. The van der Waals surface area contributed by atoms with Crippen molar-refractivity contribution >= 4 is 6.41 Å². The summed E-state index contributed by atoms with van der Waals surface area (Å²) in [5.41, 5.74) is 0.0521. The smallest absolute Gasteiger partial charge is 0.224 e. The molecule has 0 radical (unpaired) electrons. The number of hydrazine groups is 1. The molecule has 0 heterocycles. The molecule has 3 heteroatoms. The van der Waals surface area contributed by atoms with Crippen molar-refractivity contribution in [3.8, 4) is 0 Å². The van der Waals surface area contributed by atoms with Crippen molar-refractivity contribution in [3.63, 3.8) is 0 Å². The van der Waals surface area contributed by atoms with Crippen molar-refractivity contribution in [2.75, 3.05) is 0 Å². The maximum absolute atomic E-state index is 10.8. The van der Waals surface area contributed by atoms with Crippen LogP contribution in [0, 0.1) is 17.8 Å². The largest absolute Gasteiger partial charge is 0.277 e.